The minimum Gasteiger partial charge on any atom is -0.436 e. The number of nitrogens with one attached hydrogen (secondary N) is 2. The zero-order valence-electron chi connectivity index (χ0n) is 27.5. The number of aryl methyl sites for hydroxylation is 1. The number of urea groups is 1. The quantitative estimate of drug-likeness (QED) is 0.422. The van der Waals surface area contributed by atoms with Gasteiger partial charge in [-0.3, -0.25) is 14.8 Å². The van der Waals surface area contributed by atoms with Gasteiger partial charge in [0.05, 0.1) is 11.7 Å². The topological polar surface area (TPSA) is 117 Å². The van der Waals surface area contributed by atoms with Crippen LogP contribution in [0.5, 0.6) is 0 Å². The number of fused-ring (bicyclic) bond motifs is 2. The van der Waals surface area contributed by atoms with E-state index in [-0.39, 0.29) is 18.0 Å². The molecular weight excluding hydrogens is 596 g/mol. The van der Waals surface area contributed by atoms with E-state index in [1.165, 1.54) is 0 Å². The maximum Gasteiger partial charge on any atom is 0.410 e. The van der Waals surface area contributed by atoms with Gasteiger partial charge in [-0.1, -0.05) is 24.3 Å². The first-order valence-corrected chi connectivity index (χ1v) is 17.1. The standard InChI is InChI=1S/C35H46N8O4/c1-24-19-25(20-27-22-36-38-32(24)27)21-31(33(44)41-17-15-40(16-18-41)28-7-11-39(2)12-8-28)47-35(46)42-13-9-29(10-14-42)43-23-26-5-3-4-6-30(26)37-34(43)45/h3-6,19-20,22,28-29,31H,7-18,21,23H2,1-2H3,(H,36,38)(H,37,45)/t31-/m1/s1. The van der Waals surface area contributed by atoms with Gasteiger partial charge in [0.25, 0.3) is 5.91 Å². The van der Waals surface area contributed by atoms with Crippen molar-refractivity contribution in [1.82, 2.24) is 34.7 Å². The SMILES string of the molecule is Cc1cc(C[C@@H](OC(=O)N2CCC(N3Cc4ccccc4NC3=O)CC2)C(=O)N2CCN(C3CCN(C)CC3)CC2)cc2cn[nH]c12. The minimum absolute atomic E-state index is 0.0235. The Kier molecular flexibility index (Phi) is 9.05. The van der Waals surface area contributed by atoms with E-state index in [0.717, 1.165) is 72.3 Å². The summed E-state index contributed by atoms with van der Waals surface area (Å²) in [7, 11) is 2.18. The van der Waals surface area contributed by atoms with Crippen molar-refractivity contribution in [3.63, 3.8) is 0 Å². The van der Waals surface area contributed by atoms with E-state index in [9.17, 15) is 14.4 Å². The van der Waals surface area contributed by atoms with E-state index in [0.29, 0.717) is 58.0 Å². The summed E-state index contributed by atoms with van der Waals surface area (Å²) in [6.07, 6.45) is 4.30. The van der Waals surface area contributed by atoms with E-state index in [1.807, 2.05) is 53.1 Å². The molecular formula is C35H46N8O4. The lowest BCUT2D eigenvalue weighted by atomic mass is 10.0. The minimum atomic E-state index is -0.928. The third-order valence-corrected chi connectivity index (χ3v) is 10.6. The molecule has 1 atom stereocenters. The average molecular weight is 643 g/mol. The van der Waals surface area contributed by atoms with Gasteiger partial charge in [0, 0.05) is 75.4 Å². The molecule has 0 bridgehead atoms. The van der Waals surface area contributed by atoms with Gasteiger partial charge < -0.3 is 29.7 Å². The largest absolute Gasteiger partial charge is 0.436 e. The highest BCUT2D eigenvalue weighted by molar-refractivity contribution is 5.92. The first-order chi connectivity index (χ1) is 22.8. The molecule has 3 saturated heterocycles. The van der Waals surface area contributed by atoms with Crippen molar-refractivity contribution in [2.75, 3.05) is 64.7 Å². The van der Waals surface area contributed by atoms with Gasteiger partial charge in [-0.05, 0) is 81.6 Å². The molecule has 12 nitrogen and oxygen atoms in total. The fourth-order valence-electron chi connectivity index (χ4n) is 7.77. The van der Waals surface area contributed by atoms with Gasteiger partial charge in [-0.15, -0.1) is 0 Å². The van der Waals surface area contributed by atoms with Crippen molar-refractivity contribution >= 4 is 34.6 Å². The Morgan fingerprint density at radius 2 is 1.66 bits per heavy atom. The van der Waals surface area contributed by atoms with E-state index in [2.05, 4.69) is 32.4 Å². The van der Waals surface area contributed by atoms with E-state index < -0.39 is 12.2 Å². The van der Waals surface area contributed by atoms with Crippen LogP contribution in [0.3, 0.4) is 0 Å². The molecule has 7 rings (SSSR count). The summed E-state index contributed by atoms with van der Waals surface area (Å²) < 4.78 is 6.11. The fourth-order valence-corrected chi connectivity index (χ4v) is 7.77. The number of ether oxygens (including phenoxy) is 1. The summed E-state index contributed by atoms with van der Waals surface area (Å²) >= 11 is 0. The highest BCUT2D eigenvalue weighted by Crippen LogP contribution is 2.28. The second-order valence-electron chi connectivity index (χ2n) is 13.7. The van der Waals surface area contributed by atoms with Gasteiger partial charge in [0.2, 0.25) is 0 Å². The summed E-state index contributed by atoms with van der Waals surface area (Å²) in [5, 5.41) is 11.2. The van der Waals surface area contributed by atoms with Gasteiger partial charge in [-0.25, -0.2) is 9.59 Å². The Balaban J connectivity index is 1.00. The molecule has 4 aliphatic rings. The maximum absolute atomic E-state index is 14.1. The number of anilines is 1. The van der Waals surface area contributed by atoms with E-state index >= 15 is 0 Å². The molecule has 0 aliphatic carbocycles. The third-order valence-electron chi connectivity index (χ3n) is 10.6. The van der Waals surface area contributed by atoms with Crippen LogP contribution in [-0.2, 0) is 22.5 Å². The Morgan fingerprint density at radius 3 is 2.43 bits per heavy atom. The number of piperidine rings is 2. The predicted molar refractivity (Wildman–Crippen MR) is 179 cm³/mol. The van der Waals surface area contributed by atoms with Crippen molar-refractivity contribution in [1.29, 1.82) is 0 Å². The molecule has 4 aliphatic heterocycles. The number of aromatic nitrogens is 2. The Hall–Kier alpha value is -4.16. The molecule has 250 valence electrons. The number of rotatable bonds is 6. The third kappa shape index (κ3) is 6.80. The number of carbonyl (C=O) groups excluding carboxylic acids is 3. The first kappa shape index (κ1) is 31.4. The maximum atomic E-state index is 14.1. The molecule has 0 spiro atoms. The number of para-hydroxylation sites is 1. The van der Waals surface area contributed by atoms with Gasteiger partial charge in [-0.2, -0.15) is 5.10 Å². The molecule has 2 N–H and O–H groups in total. The molecule has 2 aromatic carbocycles. The number of H-pyrrole nitrogens is 1. The summed E-state index contributed by atoms with van der Waals surface area (Å²) in [5.74, 6) is -0.134. The molecule has 5 heterocycles. The number of carbonyl (C=O) groups is 3. The lowest BCUT2D eigenvalue weighted by molar-refractivity contribution is -0.143. The van der Waals surface area contributed by atoms with Crippen LogP contribution in [0.4, 0.5) is 15.3 Å². The van der Waals surface area contributed by atoms with Crippen LogP contribution in [0.1, 0.15) is 42.4 Å². The Morgan fingerprint density at radius 1 is 0.936 bits per heavy atom. The number of nitrogens with zero attached hydrogens (tertiary/aromatic N) is 6. The molecule has 4 amide bonds. The van der Waals surface area contributed by atoms with Gasteiger partial charge >= 0.3 is 12.1 Å². The van der Waals surface area contributed by atoms with Crippen LogP contribution in [-0.4, -0.2) is 130 Å². The Bertz CT molecular complexity index is 1600. The number of aromatic amines is 1. The fraction of sp³-hybridized carbons (Fsp3) is 0.543. The normalized spacial score (nSPS) is 21.1. The second-order valence-corrected chi connectivity index (χ2v) is 13.7. The van der Waals surface area contributed by atoms with Gasteiger partial charge in [0.15, 0.2) is 6.10 Å². The zero-order valence-corrected chi connectivity index (χ0v) is 27.5. The van der Waals surface area contributed by atoms with Crippen molar-refractivity contribution in [2.45, 2.75) is 63.8 Å². The Labute approximate surface area is 276 Å². The smallest absolute Gasteiger partial charge is 0.410 e. The van der Waals surface area contributed by atoms with E-state index in [4.69, 9.17) is 4.74 Å². The average Bonchev–Trinajstić information content (AvgIpc) is 3.57. The van der Waals surface area contributed by atoms with Crippen LogP contribution in [0.15, 0.2) is 42.6 Å². The van der Waals surface area contributed by atoms with Crippen molar-refractivity contribution < 1.29 is 19.1 Å². The zero-order chi connectivity index (χ0) is 32.5. The lowest BCUT2D eigenvalue weighted by Gasteiger charge is -2.43. The number of hydrogen-bond donors (Lipinski definition) is 2. The monoisotopic (exact) mass is 642 g/mol. The van der Waals surface area contributed by atoms with Crippen LogP contribution < -0.4 is 5.32 Å². The van der Waals surface area contributed by atoms with Crippen molar-refractivity contribution in [3.8, 4) is 0 Å². The van der Waals surface area contributed by atoms with Crippen LogP contribution in [0.25, 0.3) is 10.9 Å². The molecule has 0 unspecified atom stereocenters. The first-order valence-electron chi connectivity index (χ1n) is 17.1. The van der Waals surface area contributed by atoms with Crippen molar-refractivity contribution in [3.05, 3.63) is 59.3 Å². The highest BCUT2D eigenvalue weighted by atomic mass is 16.6. The van der Waals surface area contributed by atoms with Crippen LogP contribution >= 0.6 is 0 Å². The summed E-state index contributed by atoms with van der Waals surface area (Å²) in [6.45, 7) is 8.65. The van der Waals surface area contributed by atoms with E-state index in [1.54, 1.807) is 11.1 Å². The number of likely N-dealkylation sites (tertiary alicyclic amines) is 2. The molecule has 0 saturated carbocycles. The second kappa shape index (κ2) is 13.5. The number of benzene rings is 2. The number of piperazine rings is 1. The molecule has 1 aromatic heterocycles. The summed E-state index contributed by atoms with van der Waals surface area (Å²) in [4.78, 5) is 50.9. The molecule has 0 radical (unpaired) electrons. The number of amides is 4. The van der Waals surface area contributed by atoms with Crippen LogP contribution in [0.2, 0.25) is 0 Å². The van der Waals surface area contributed by atoms with Crippen molar-refractivity contribution in [2.24, 2.45) is 0 Å². The molecule has 3 aromatic rings. The number of hydrogen-bond acceptors (Lipinski definition) is 7. The van der Waals surface area contributed by atoms with Gasteiger partial charge in [0.1, 0.15) is 0 Å². The molecule has 3 fully saturated rings. The lowest BCUT2D eigenvalue weighted by Crippen LogP contribution is -2.56. The molecule has 47 heavy (non-hydrogen) atoms. The predicted octanol–water partition coefficient (Wildman–Crippen LogP) is 3.67. The van der Waals surface area contributed by atoms with Crippen LogP contribution in [0, 0.1) is 6.92 Å². The highest BCUT2D eigenvalue weighted by Gasteiger charge is 2.36. The molecule has 12 heteroatoms. The summed E-state index contributed by atoms with van der Waals surface area (Å²) in [5.41, 5.74) is 4.88. The summed E-state index contributed by atoms with van der Waals surface area (Å²) in [6, 6.07) is 12.4.